The number of halogens is 1. The van der Waals surface area contributed by atoms with Crippen LogP contribution in [-0.2, 0) is 9.59 Å². The zero-order valence-corrected chi connectivity index (χ0v) is 19.2. The summed E-state index contributed by atoms with van der Waals surface area (Å²) in [5.41, 5.74) is 3.10. The van der Waals surface area contributed by atoms with E-state index in [0.29, 0.717) is 22.4 Å². The summed E-state index contributed by atoms with van der Waals surface area (Å²) >= 11 is 7.55. The van der Waals surface area contributed by atoms with Gasteiger partial charge in [-0.2, -0.15) is 0 Å². The highest BCUT2D eigenvalue weighted by Gasteiger charge is 2.09. The van der Waals surface area contributed by atoms with Gasteiger partial charge in [-0.15, -0.1) is 22.0 Å². The predicted octanol–water partition coefficient (Wildman–Crippen LogP) is 3.37. The molecule has 0 aliphatic heterocycles. The molecule has 0 saturated carbocycles. The average Bonchev–Trinajstić information content (AvgIpc) is 3.23. The third-order valence-corrected chi connectivity index (χ3v) is 4.83. The Labute approximate surface area is 187 Å². The van der Waals surface area contributed by atoms with Gasteiger partial charge in [-0.25, -0.2) is 19.0 Å². The number of nitrogens with one attached hydrogen (secondary N) is 2. The van der Waals surface area contributed by atoms with Crippen molar-refractivity contribution < 1.29 is 9.59 Å². The molecular formula is C19H21ClN8O2S. The molecule has 0 atom stereocenters. The van der Waals surface area contributed by atoms with E-state index in [1.807, 2.05) is 26.2 Å². The second-order valence-electron chi connectivity index (χ2n) is 6.62. The zero-order valence-electron chi connectivity index (χ0n) is 17.6. The van der Waals surface area contributed by atoms with Gasteiger partial charge < -0.3 is 10.6 Å². The molecule has 0 spiro atoms. The van der Waals surface area contributed by atoms with Crippen molar-refractivity contribution in [2.24, 2.45) is 0 Å². The number of thioether (sulfide) groups is 1. The van der Waals surface area contributed by atoms with Gasteiger partial charge in [0, 0.05) is 37.4 Å². The summed E-state index contributed by atoms with van der Waals surface area (Å²) < 4.78 is 3.20. The summed E-state index contributed by atoms with van der Waals surface area (Å²) in [5.74, 6) is 0.667. The molecule has 2 amide bonds. The van der Waals surface area contributed by atoms with Gasteiger partial charge in [0.1, 0.15) is 10.2 Å². The van der Waals surface area contributed by atoms with Crippen LogP contribution in [0, 0.1) is 13.8 Å². The van der Waals surface area contributed by atoms with Crippen molar-refractivity contribution in [3.63, 3.8) is 0 Å². The molecule has 0 aromatic carbocycles. The lowest BCUT2D eigenvalue weighted by Crippen LogP contribution is -2.06. The van der Waals surface area contributed by atoms with Crippen LogP contribution in [0.3, 0.4) is 0 Å². The summed E-state index contributed by atoms with van der Waals surface area (Å²) in [6.07, 6.45) is 1.98. The predicted molar refractivity (Wildman–Crippen MR) is 121 cm³/mol. The molecule has 162 valence electrons. The van der Waals surface area contributed by atoms with Crippen molar-refractivity contribution >= 4 is 58.1 Å². The third-order valence-electron chi connectivity index (χ3n) is 3.85. The highest BCUT2D eigenvalue weighted by atomic mass is 35.5. The lowest BCUT2D eigenvalue weighted by Gasteiger charge is -2.01. The van der Waals surface area contributed by atoms with Crippen LogP contribution in [0.2, 0.25) is 5.15 Å². The number of aromatic nitrogens is 6. The minimum absolute atomic E-state index is 0.133. The number of anilines is 2. The van der Waals surface area contributed by atoms with Crippen molar-refractivity contribution in [2.45, 2.75) is 32.7 Å². The molecule has 0 aliphatic carbocycles. The molecule has 0 aliphatic rings. The van der Waals surface area contributed by atoms with Crippen LogP contribution >= 0.6 is 23.4 Å². The Kier molecular flexibility index (Phi) is 6.76. The van der Waals surface area contributed by atoms with E-state index in [9.17, 15) is 9.59 Å². The lowest BCUT2D eigenvalue weighted by atomic mass is 10.4. The van der Waals surface area contributed by atoms with Gasteiger partial charge >= 0.3 is 0 Å². The first-order valence-corrected chi connectivity index (χ1v) is 10.8. The minimum atomic E-state index is -0.175. The summed E-state index contributed by atoms with van der Waals surface area (Å²) in [5, 5.41) is 15.0. The lowest BCUT2D eigenvalue weighted by molar-refractivity contribution is -0.115. The normalized spacial score (nSPS) is 10.6. The van der Waals surface area contributed by atoms with Crippen LogP contribution in [0.25, 0.3) is 11.3 Å². The number of hydrogen-bond acceptors (Lipinski definition) is 7. The van der Waals surface area contributed by atoms with E-state index in [2.05, 4.69) is 30.8 Å². The first-order chi connectivity index (χ1) is 14.7. The second-order valence-corrected chi connectivity index (χ2v) is 7.84. The van der Waals surface area contributed by atoms with E-state index < -0.39 is 0 Å². The molecule has 12 heteroatoms. The Morgan fingerprint density at radius 3 is 1.87 bits per heavy atom. The molecule has 31 heavy (non-hydrogen) atoms. The number of nitrogens with zero attached hydrogens (tertiary/aromatic N) is 6. The SMILES string of the molecule is CC(=O)Nc1cc2nc(C)cc(Cl)n2n1.CSc1cc(C)nc2cc(NC(C)=O)nn12. The van der Waals surface area contributed by atoms with Crippen molar-refractivity contribution in [3.8, 4) is 0 Å². The topological polar surface area (TPSA) is 119 Å². The fourth-order valence-electron chi connectivity index (χ4n) is 2.75. The molecule has 4 aromatic rings. The average molecular weight is 461 g/mol. The standard InChI is InChI=1S/C10H12N4OS.C9H9ClN4O/c1-6-4-10(16-3)14-9(11-6)5-8(13-14)12-7(2)15;1-5-3-7(10)14-9(11-5)4-8(13-14)12-6(2)15/h4-5H,1-3H3,(H,12,13,15);3-4H,1-2H3,(H,12,13,15). The smallest absolute Gasteiger partial charge is 0.222 e. The molecule has 10 nitrogen and oxygen atoms in total. The molecule has 0 saturated heterocycles. The first kappa shape index (κ1) is 22.5. The molecule has 2 N–H and O–H groups in total. The largest absolute Gasteiger partial charge is 0.309 e. The van der Waals surface area contributed by atoms with Crippen LogP contribution in [0.5, 0.6) is 0 Å². The molecule has 0 bridgehead atoms. The molecule has 4 rings (SSSR count). The van der Waals surface area contributed by atoms with Crippen LogP contribution < -0.4 is 10.6 Å². The highest BCUT2D eigenvalue weighted by molar-refractivity contribution is 7.98. The van der Waals surface area contributed by atoms with Crippen LogP contribution in [0.15, 0.2) is 29.3 Å². The van der Waals surface area contributed by atoms with Crippen LogP contribution in [-0.4, -0.2) is 47.3 Å². The van der Waals surface area contributed by atoms with Gasteiger partial charge in [-0.05, 0) is 32.2 Å². The fourth-order valence-corrected chi connectivity index (χ4v) is 3.63. The molecule has 4 heterocycles. The Morgan fingerprint density at radius 1 is 0.871 bits per heavy atom. The molecule has 0 radical (unpaired) electrons. The summed E-state index contributed by atoms with van der Waals surface area (Å²) in [6.45, 7) is 6.66. The Balaban J connectivity index is 0.000000176. The number of hydrogen-bond donors (Lipinski definition) is 2. The second kappa shape index (κ2) is 9.31. The molecule has 4 aromatic heterocycles. The van der Waals surface area contributed by atoms with E-state index in [0.717, 1.165) is 22.1 Å². The molecule has 0 fully saturated rings. The number of amides is 2. The number of aryl methyl sites for hydroxylation is 2. The Hall–Kier alpha value is -3.18. The van der Waals surface area contributed by atoms with Gasteiger partial charge in [-0.1, -0.05) is 11.6 Å². The van der Waals surface area contributed by atoms with Gasteiger partial charge in [0.2, 0.25) is 11.8 Å². The van der Waals surface area contributed by atoms with Crippen molar-refractivity contribution in [3.05, 3.63) is 40.8 Å². The highest BCUT2D eigenvalue weighted by Crippen LogP contribution is 2.19. The number of fused-ring (bicyclic) bond motifs is 2. The van der Waals surface area contributed by atoms with E-state index in [1.165, 1.54) is 18.4 Å². The van der Waals surface area contributed by atoms with Crippen LogP contribution in [0.4, 0.5) is 11.6 Å². The summed E-state index contributed by atoms with van der Waals surface area (Å²) in [6, 6.07) is 7.09. The van der Waals surface area contributed by atoms with Gasteiger partial charge in [0.15, 0.2) is 22.9 Å². The Bertz CT molecular complexity index is 1280. The zero-order chi connectivity index (χ0) is 22.7. The van der Waals surface area contributed by atoms with E-state index in [1.54, 1.807) is 34.5 Å². The molecular weight excluding hydrogens is 440 g/mol. The van der Waals surface area contributed by atoms with E-state index >= 15 is 0 Å². The maximum Gasteiger partial charge on any atom is 0.222 e. The van der Waals surface area contributed by atoms with Crippen molar-refractivity contribution in [2.75, 3.05) is 16.9 Å². The summed E-state index contributed by atoms with van der Waals surface area (Å²) in [4.78, 5) is 30.3. The molecule has 0 unspecified atom stereocenters. The van der Waals surface area contributed by atoms with Crippen molar-refractivity contribution in [1.29, 1.82) is 0 Å². The number of carbonyl (C=O) groups is 2. The number of rotatable bonds is 3. The fraction of sp³-hybridized carbons (Fsp3) is 0.263. The van der Waals surface area contributed by atoms with Crippen LogP contribution in [0.1, 0.15) is 25.2 Å². The quantitative estimate of drug-likeness (QED) is 0.355. The third kappa shape index (κ3) is 5.50. The monoisotopic (exact) mass is 460 g/mol. The van der Waals surface area contributed by atoms with Gasteiger partial charge in [0.25, 0.3) is 0 Å². The maximum atomic E-state index is 10.9. The Morgan fingerprint density at radius 2 is 1.35 bits per heavy atom. The van der Waals surface area contributed by atoms with Gasteiger partial charge in [0.05, 0.1) is 0 Å². The summed E-state index contributed by atoms with van der Waals surface area (Å²) in [7, 11) is 0. The van der Waals surface area contributed by atoms with E-state index in [-0.39, 0.29) is 11.8 Å². The van der Waals surface area contributed by atoms with Gasteiger partial charge in [-0.3, -0.25) is 9.59 Å². The minimum Gasteiger partial charge on any atom is -0.309 e. The first-order valence-electron chi connectivity index (χ1n) is 9.16. The maximum absolute atomic E-state index is 10.9. The number of carbonyl (C=O) groups excluding carboxylic acids is 2. The van der Waals surface area contributed by atoms with Crippen molar-refractivity contribution in [1.82, 2.24) is 29.2 Å². The van der Waals surface area contributed by atoms with E-state index in [4.69, 9.17) is 11.6 Å².